The molecule has 46 heavy (non-hydrogen) atoms. The first-order valence-corrected chi connectivity index (χ1v) is 21.9. The number of hydrogen-bond acceptors (Lipinski definition) is 5. The van der Waals surface area contributed by atoms with Crippen LogP contribution in [0.3, 0.4) is 0 Å². The zero-order chi connectivity index (χ0) is 32.6. The zero-order valence-electron chi connectivity index (χ0n) is 26.7. The van der Waals surface area contributed by atoms with E-state index < -0.39 is 28.1 Å². The number of sulfonamides is 2. The molecule has 2 saturated heterocycles. The number of benzene rings is 3. The van der Waals surface area contributed by atoms with Gasteiger partial charge in [0, 0.05) is 37.5 Å². The first kappa shape index (κ1) is 31.4. The van der Waals surface area contributed by atoms with E-state index in [0.29, 0.717) is 12.8 Å². The van der Waals surface area contributed by atoms with E-state index in [9.17, 15) is 16.8 Å². The molecule has 0 N–H and O–H groups in total. The topological polar surface area (TPSA) is 91.8 Å². The van der Waals surface area contributed by atoms with E-state index in [1.54, 1.807) is 40.7 Å². The van der Waals surface area contributed by atoms with Crippen LogP contribution in [0.15, 0.2) is 111 Å². The van der Waals surface area contributed by atoms with E-state index in [1.165, 1.54) is 4.31 Å². The Bertz CT molecular complexity index is 2000. The fourth-order valence-electron chi connectivity index (χ4n) is 8.24. The van der Waals surface area contributed by atoms with Gasteiger partial charge in [0.2, 0.25) is 20.0 Å². The fraction of sp³-hybridized carbons (Fsp3) is 0.361. The van der Waals surface area contributed by atoms with Crippen molar-refractivity contribution in [2.24, 2.45) is 11.8 Å². The minimum atomic E-state index is -3.88. The van der Waals surface area contributed by atoms with E-state index in [1.807, 2.05) is 44.2 Å². The van der Waals surface area contributed by atoms with Crippen LogP contribution >= 0.6 is 0 Å². The Kier molecular flexibility index (Phi) is 7.68. The van der Waals surface area contributed by atoms with Gasteiger partial charge in [-0.05, 0) is 72.9 Å². The molecule has 0 spiro atoms. The van der Waals surface area contributed by atoms with E-state index in [-0.39, 0.29) is 53.1 Å². The summed E-state index contributed by atoms with van der Waals surface area (Å²) in [6.07, 6.45) is 2.15. The molecule has 4 aliphatic rings. The molecule has 0 unspecified atom stereocenters. The summed E-state index contributed by atoms with van der Waals surface area (Å²) in [7, 11) is -10.3. The van der Waals surface area contributed by atoms with Crippen LogP contribution in [-0.4, -0.2) is 65.0 Å². The van der Waals surface area contributed by atoms with E-state index >= 15 is 4.79 Å². The molecule has 3 aromatic rings. The SMILES string of the molecule is Cc1ccc(S(=O)(=O)N2CC3=C4CN(S(=O)(=O)c5ccc(C)cc5)[C@H]5CCC[C@@H](C(=O)C([Si](C)(C)c6ccccc6)=C3C2)[C@@H]45)cc1. The highest BCUT2D eigenvalue weighted by atomic mass is 32.2. The van der Waals surface area contributed by atoms with Gasteiger partial charge >= 0.3 is 0 Å². The maximum absolute atomic E-state index is 15.0. The molecule has 2 aliphatic carbocycles. The molecule has 2 aliphatic heterocycles. The van der Waals surface area contributed by atoms with Gasteiger partial charge in [0.15, 0.2) is 5.78 Å². The summed E-state index contributed by atoms with van der Waals surface area (Å²) in [6.45, 7) is 8.64. The molecule has 1 saturated carbocycles. The van der Waals surface area contributed by atoms with Crippen molar-refractivity contribution in [2.45, 2.75) is 62.0 Å². The summed E-state index contributed by atoms with van der Waals surface area (Å²) in [5.41, 5.74) is 4.54. The minimum Gasteiger partial charge on any atom is -0.295 e. The molecule has 7 nitrogen and oxygen atoms in total. The molecule has 3 fully saturated rings. The summed E-state index contributed by atoms with van der Waals surface area (Å²) >= 11 is 0. The van der Waals surface area contributed by atoms with Crippen molar-refractivity contribution in [2.75, 3.05) is 19.6 Å². The Labute approximate surface area is 273 Å². The Balaban J connectivity index is 1.42. The highest BCUT2D eigenvalue weighted by Gasteiger charge is 2.56. The average Bonchev–Trinajstić information content (AvgIpc) is 3.63. The lowest BCUT2D eigenvalue weighted by Gasteiger charge is -2.37. The second-order valence-corrected chi connectivity index (χ2v) is 21.9. The molecule has 0 bridgehead atoms. The van der Waals surface area contributed by atoms with Crippen molar-refractivity contribution in [3.8, 4) is 0 Å². The quantitative estimate of drug-likeness (QED) is 0.339. The third-order valence-electron chi connectivity index (χ3n) is 10.7. The van der Waals surface area contributed by atoms with E-state index in [4.69, 9.17) is 0 Å². The van der Waals surface area contributed by atoms with Crippen molar-refractivity contribution in [3.63, 3.8) is 0 Å². The number of fused-ring (bicyclic) bond motifs is 1. The third kappa shape index (κ3) is 4.92. The fourth-order valence-corrected chi connectivity index (χ4v) is 14.4. The second kappa shape index (κ2) is 11.2. The van der Waals surface area contributed by atoms with Gasteiger partial charge in [-0.1, -0.05) is 90.4 Å². The highest BCUT2D eigenvalue weighted by Crippen LogP contribution is 2.52. The molecule has 7 rings (SSSR count). The van der Waals surface area contributed by atoms with Crippen LogP contribution in [-0.2, 0) is 24.8 Å². The van der Waals surface area contributed by atoms with E-state index in [0.717, 1.165) is 44.7 Å². The molecule has 0 amide bonds. The van der Waals surface area contributed by atoms with Gasteiger partial charge in [-0.15, -0.1) is 0 Å². The first-order chi connectivity index (χ1) is 21.8. The van der Waals surface area contributed by atoms with Crippen LogP contribution in [0.5, 0.6) is 0 Å². The first-order valence-electron chi connectivity index (χ1n) is 16.0. The standard InChI is InChI=1S/C36H40N2O5S2Si/c1-24-13-17-26(18-14-24)44(40,41)37-21-30-31-23-38(45(42,43)27-19-15-25(2)16-20-27)33-12-8-11-29(34(31)33)35(39)36(32(30)22-37)46(3,4)28-9-6-5-7-10-28/h5-7,9-10,13-20,29,33-34H,8,11-12,21-23H2,1-4H3/t29-,33+,34+/m1/s1. The largest absolute Gasteiger partial charge is 0.295 e. The number of aryl methyl sites for hydroxylation is 2. The van der Waals surface area contributed by atoms with E-state index in [2.05, 4.69) is 25.2 Å². The smallest absolute Gasteiger partial charge is 0.243 e. The predicted octanol–water partition coefficient (Wildman–Crippen LogP) is 5.13. The number of Topliss-reactive ketones (excluding diaryl/α,β-unsaturated/α-hetero) is 1. The summed E-state index contributed by atoms with van der Waals surface area (Å²) in [6, 6.07) is 23.6. The Morgan fingerprint density at radius 1 is 0.696 bits per heavy atom. The normalized spacial score (nSPS) is 24.3. The van der Waals surface area contributed by atoms with Crippen molar-refractivity contribution < 1.29 is 21.6 Å². The lowest BCUT2D eigenvalue weighted by Crippen LogP contribution is -2.50. The van der Waals surface area contributed by atoms with Gasteiger partial charge in [0.25, 0.3) is 0 Å². The maximum Gasteiger partial charge on any atom is 0.243 e. The molecule has 3 atom stereocenters. The van der Waals surface area contributed by atoms with Crippen LogP contribution in [0.1, 0.15) is 30.4 Å². The number of ketones is 1. The molecule has 10 heteroatoms. The summed E-state index contributed by atoms with van der Waals surface area (Å²) in [5.74, 6) is -0.515. The highest BCUT2D eigenvalue weighted by molar-refractivity contribution is 7.89. The van der Waals surface area contributed by atoms with Gasteiger partial charge in [0.05, 0.1) is 9.79 Å². The lowest BCUT2D eigenvalue weighted by atomic mass is 9.72. The Morgan fingerprint density at radius 3 is 1.87 bits per heavy atom. The molecule has 0 radical (unpaired) electrons. The zero-order valence-corrected chi connectivity index (χ0v) is 29.4. The molecule has 240 valence electrons. The minimum absolute atomic E-state index is 0.0851. The van der Waals surface area contributed by atoms with Crippen molar-refractivity contribution >= 4 is 39.1 Å². The Hall–Kier alpha value is -3.15. The average molecular weight is 673 g/mol. The summed E-state index contributed by atoms with van der Waals surface area (Å²) in [5, 5.41) is 1.92. The van der Waals surface area contributed by atoms with Crippen molar-refractivity contribution in [3.05, 3.63) is 112 Å². The summed E-state index contributed by atoms with van der Waals surface area (Å²) < 4.78 is 59.7. The number of carbonyl (C=O) groups excluding carboxylic acids is 1. The van der Waals surface area contributed by atoms with Gasteiger partial charge in [-0.25, -0.2) is 16.8 Å². The molecule has 3 aromatic carbocycles. The predicted molar refractivity (Wildman–Crippen MR) is 182 cm³/mol. The molecule has 2 heterocycles. The van der Waals surface area contributed by atoms with Gasteiger partial charge in [-0.2, -0.15) is 8.61 Å². The van der Waals surface area contributed by atoms with Gasteiger partial charge in [0.1, 0.15) is 8.07 Å². The second-order valence-electron chi connectivity index (χ2n) is 13.8. The van der Waals surface area contributed by atoms with Gasteiger partial charge in [-0.3, -0.25) is 4.79 Å². The van der Waals surface area contributed by atoms with Crippen LogP contribution in [0.25, 0.3) is 0 Å². The van der Waals surface area contributed by atoms with Crippen LogP contribution in [0.4, 0.5) is 0 Å². The van der Waals surface area contributed by atoms with Crippen LogP contribution in [0, 0.1) is 25.7 Å². The number of carbonyl (C=O) groups is 1. The lowest BCUT2D eigenvalue weighted by molar-refractivity contribution is -0.121. The Morgan fingerprint density at radius 2 is 1.26 bits per heavy atom. The van der Waals surface area contributed by atoms with Gasteiger partial charge < -0.3 is 0 Å². The van der Waals surface area contributed by atoms with Crippen LogP contribution < -0.4 is 5.19 Å². The third-order valence-corrected chi connectivity index (χ3v) is 17.9. The summed E-state index contributed by atoms with van der Waals surface area (Å²) in [4.78, 5) is 15.5. The maximum atomic E-state index is 15.0. The molecule has 0 aromatic heterocycles. The number of rotatable bonds is 6. The monoisotopic (exact) mass is 672 g/mol. The van der Waals surface area contributed by atoms with Crippen molar-refractivity contribution in [1.29, 1.82) is 0 Å². The van der Waals surface area contributed by atoms with Crippen LogP contribution in [0.2, 0.25) is 13.1 Å². The van der Waals surface area contributed by atoms with Crippen molar-refractivity contribution in [1.82, 2.24) is 8.61 Å². The molecular weight excluding hydrogens is 633 g/mol. The number of allylic oxidation sites excluding steroid dienone is 1. The number of nitrogens with zero attached hydrogens (tertiary/aromatic N) is 2. The molecular formula is C36H40N2O5S2Si. The number of hydrogen-bond donors (Lipinski definition) is 0.